The number of hydrogen-bond donors (Lipinski definition) is 0. The van der Waals surface area contributed by atoms with E-state index in [4.69, 9.17) is 8.92 Å². The van der Waals surface area contributed by atoms with Crippen LogP contribution in [0.3, 0.4) is 0 Å². The molecule has 2 aliphatic carbocycles. The minimum atomic E-state index is -6.36. The highest BCUT2D eigenvalue weighted by molar-refractivity contribution is 7.88. The Morgan fingerprint density at radius 2 is 1.76 bits per heavy atom. The second-order valence-corrected chi connectivity index (χ2v) is 15.1. The smallest absolute Gasteiger partial charge is 0.455 e. The molecule has 42 heavy (non-hydrogen) atoms. The first-order chi connectivity index (χ1) is 19.5. The van der Waals surface area contributed by atoms with Gasteiger partial charge in [-0.2, -0.15) is 25.6 Å². The molecule has 2 aromatic rings. The number of rotatable bonds is 7. The standard InChI is InChI=1S/C27H27F2NO10S2/c1-11(2)14-7-13-5-6-16(12(3)4)21-20(13)18(8-14)24(31)30(25(21)32)40-42(36,37)27(28,29)26(33)38-22-15-9-17-19(10-15)39-41(34,35)23(17)22/h5-8,11-12,15,17,19,22-23H,9-10H2,1-4H3. The molecule has 0 aromatic heterocycles. The summed E-state index contributed by atoms with van der Waals surface area (Å²) in [6.45, 7) is 7.20. The normalized spacial score (nSPS) is 28.0. The molecule has 2 amide bonds. The first-order valence-corrected chi connectivity index (χ1v) is 16.3. The van der Waals surface area contributed by atoms with Crippen molar-refractivity contribution >= 4 is 48.8 Å². The Kier molecular flexibility index (Phi) is 6.40. The molecular weight excluding hydrogens is 600 g/mol. The third kappa shape index (κ3) is 4.03. The van der Waals surface area contributed by atoms with E-state index >= 15 is 8.78 Å². The molecular formula is C27H27F2NO10S2. The van der Waals surface area contributed by atoms with E-state index in [1.165, 1.54) is 6.07 Å². The van der Waals surface area contributed by atoms with E-state index in [-0.39, 0.29) is 46.3 Å². The van der Waals surface area contributed by atoms with Gasteiger partial charge in [0.25, 0.3) is 21.9 Å². The van der Waals surface area contributed by atoms with Gasteiger partial charge in [-0.25, -0.2) is 4.79 Å². The third-order valence-electron chi connectivity index (χ3n) is 8.63. The Balaban J connectivity index is 1.33. The number of nitrogens with zero attached hydrogens (tertiary/aromatic N) is 1. The monoisotopic (exact) mass is 627 g/mol. The lowest BCUT2D eigenvalue weighted by molar-refractivity contribution is -0.170. The minimum Gasteiger partial charge on any atom is -0.455 e. The van der Waals surface area contributed by atoms with Crippen LogP contribution in [0.25, 0.3) is 10.8 Å². The number of benzene rings is 2. The van der Waals surface area contributed by atoms with Crippen LogP contribution in [0, 0.1) is 11.8 Å². The van der Waals surface area contributed by atoms with Gasteiger partial charge in [-0.05, 0) is 47.3 Å². The average Bonchev–Trinajstić information content (AvgIpc) is 3.51. The van der Waals surface area contributed by atoms with E-state index in [2.05, 4.69) is 4.28 Å². The van der Waals surface area contributed by atoms with Gasteiger partial charge >= 0.3 is 21.3 Å². The molecule has 0 N–H and O–H groups in total. The first kappa shape index (κ1) is 29.1. The summed E-state index contributed by atoms with van der Waals surface area (Å²) < 4.78 is 95.1. The van der Waals surface area contributed by atoms with Gasteiger partial charge in [-0.1, -0.05) is 45.9 Å². The lowest BCUT2D eigenvalue weighted by atomic mass is 9.85. The lowest BCUT2D eigenvalue weighted by Gasteiger charge is -2.30. The van der Waals surface area contributed by atoms with Crippen molar-refractivity contribution in [3.63, 3.8) is 0 Å². The molecule has 2 aliphatic heterocycles. The van der Waals surface area contributed by atoms with Gasteiger partial charge in [0.1, 0.15) is 11.4 Å². The Bertz CT molecular complexity index is 1790. The molecule has 4 aliphatic rings. The number of amides is 2. The summed E-state index contributed by atoms with van der Waals surface area (Å²) in [7, 11) is -10.6. The van der Waals surface area contributed by atoms with Crippen molar-refractivity contribution in [2.24, 2.45) is 11.8 Å². The molecule has 2 aromatic carbocycles. The number of alkyl halides is 2. The van der Waals surface area contributed by atoms with Crippen LogP contribution in [0.5, 0.6) is 0 Å². The van der Waals surface area contributed by atoms with E-state index in [9.17, 15) is 31.2 Å². The highest BCUT2D eigenvalue weighted by atomic mass is 32.2. The Labute approximate surface area is 240 Å². The second kappa shape index (κ2) is 9.24. The summed E-state index contributed by atoms with van der Waals surface area (Å²) >= 11 is 0. The fourth-order valence-corrected chi connectivity index (χ4v) is 9.31. The second-order valence-electron chi connectivity index (χ2n) is 11.8. The molecule has 5 unspecified atom stereocenters. The summed E-state index contributed by atoms with van der Waals surface area (Å²) in [6.07, 6.45) is -1.79. The van der Waals surface area contributed by atoms with E-state index in [0.717, 1.165) is 0 Å². The quantitative estimate of drug-likeness (QED) is 0.253. The van der Waals surface area contributed by atoms with Gasteiger partial charge in [0.05, 0.1) is 17.2 Å². The molecule has 0 radical (unpaired) electrons. The third-order valence-corrected chi connectivity index (χ3v) is 11.6. The van der Waals surface area contributed by atoms with E-state index in [0.29, 0.717) is 16.5 Å². The fourth-order valence-electron chi connectivity index (χ4n) is 6.61. The zero-order chi connectivity index (χ0) is 30.7. The fraction of sp³-hybridized carbons (Fsp3) is 0.519. The molecule has 1 saturated heterocycles. The molecule has 15 heteroatoms. The van der Waals surface area contributed by atoms with Crippen LogP contribution in [-0.2, 0) is 38.2 Å². The van der Waals surface area contributed by atoms with Gasteiger partial charge < -0.3 is 4.74 Å². The Hall–Kier alpha value is -3.01. The number of hydroxylamine groups is 2. The molecule has 2 saturated carbocycles. The first-order valence-electron chi connectivity index (χ1n) is 13.4. The number of hydrogen-bond acceptors (Lipinski definition) is 10. The predicted octanol–water partition coefficient (Wildman–Crippen LogP) is 3.59. The van der Waals surface area contributed by atoms with Gasteiger partial charge in [-0.3, -0.25) is 13.8 Å². The molecule has 11 nitrogen and oxygen atoms in total. The van der Waals surface area contributed by atoms with Crippen molar-refractivity contribution in [3.8, 4) is 0 Å². The highest BCUT2D eigenvalue weighted by Crippen LogP contribution is 2.55. The maximum Gasteiger partial charge on any atom is 0.467 e. The lowest BCUT2D eigenvalue weighted by Crippen LogP contribution is -2.50. The molecule has 2 bridgehead atoms. The van der Waals surface area contributed by atoms with Crippen molar-refractivity contribution in [3.05, 3.63) is 46.5 Å². The number of esters is 1. The van der Waals surface area contributed by atoms with Gasteiger partial charge in [0.2, 0.25) is 0 Å². The van der Waals surface area contributed by atoms with Crippen LogP contribution in [0.1, 0.15) is 84.2 Å². The van der Waals surface area contributed by atoms with Gasteiger partial charge in [0.15, 0.2) is 0 Å². The molecule has 0 spiro atoms. The highest BCUT2D eigenvalue weighted by Gasteiger charge is 2.68. The maximum atomic E-state index is 15.2. The van der Waals surface area contributed by atoms with E-state index in [1.54, 1.807) is 32.0 Å². The zero-order valence-electron chi connectivity index (χ0n) is 22.9. The van der Waals surface area contributed by atoms with Crippen LogP contribution in [-0.4, -0.2) is 62.4 Å². The molecule has 2 heterocycles. The predicted molar refractivity (Wildman–Crippen MR) is 141 cm³/mol. The van der Waals surface area contributed by atoms with Crippen molar-refractivity contribution in [2.75, 3.05) is 0 Å². The average molecular weight is 628 g/mol. The molecule has 3 fully saturated rings. The maximum absolute atomic E-state index is 15.2. The van der Waals surface area contributed by atoms with Crippen LogP contribution in [0.4, 0.5) is 8.78 Å². The molecule has 6 rings (SSSR count). The number of carbonyl (C=O) groups excluding carboxylic acids is 3. The Morgan fingerprint density at radius 3 is 2.40 bits per heavy atom. The van der Waals surface area contributed by atoms with E-state index < -0.39 is 72.6 Å². The number of halogens is 2. The van der Waals surface area contributed by atoms with Crippen LogP contribution < -0.4 is 0 Å². The van der Waals surface area contributed by atoms with Crippen LogP contribution in [0.2, 0.25) is 0 Å². The van der Waals surface area contributed by atoms with E-state index in [1.807, 2.05) is 13.8 Å². The summed E-state index contributed by atoms with van der Waals surface area (Å²) in [5.74, 6) is -6.72. The number of carbonyl (C=O) groups is 3. The molecule has 5 atom stereocenters. The largest absolute Gasteiger partial charge is 0.467 e. The number of imide groups is 1. The van der Waals surface area contributed by atoms with Crippen molar-refractivity contribution in [2.45, 2.75) is 75.1 Å². The molecule has 226 valence electrons. The topological polar surface area (TPSA) is 150 Å². The van der Waals surface area contributed by atoms with Crippen molar-refractivity contribution < 1.29 is 53.2 Å². The zero-order valence-corrected chi connectivity index (χ0v) is 24.5. The van der Waals surface area contributed by atoms with Crippen LogP contribution >= 0.6 is 0 Å². The van der Waals surface area contributed by atoms with Crippen LogP contribution in [0.15, 0.2) is 24.3 Å². The van der Waals surface area contributed by atoms with Crippen molar-refractivity contribution in [1.82, 2.24) is 5.06 Å². The SMILES string of the molecule is CC(C)c1cc2c3c(c(C(C)C)ccc3c1)C(=O)N(OS(=O)(=O)C(F)(F)C(=O)OC1C3CC4OS(=O)(=O)C1C4C3)C2=O. The summed E-state index contributed by atoms with van der Waals surface area (Å²) in [5.41, 5.74) is 0.873. The van der Waals surface area contributed by atoms with Gasteiger partial charge in [0, 0.05) is 17.2 Å². The Morgan fingerprint density at radius 1 is 1.07 bits per heavy atom. The minimum absolute atomic E-state index is 0.0864. The summed E-state index contributed by atoms with van der Waals surface area (Å²) in [5, 5.41) is -6.31. The van der Waals surface area contributed by atoms with Gasteiger partial charge in [-0.15, -0.1) is 9.35 Å². The summed E-state index contributed by atoms with van der Waals surface area (Å²) in [6, 6.07) is 6.57. The number of fused-ring (bicyclic) bond motifs is 1. The van der Waals surface area contributed by atoms with Crippen molar-refractivity contribution in [1.29, 1.82) is 0 Å². The summed E-state index contributed by atoms with van der Waals surface area (Å²) in [4.78, 5) is 39.6. The number of ether oxygens (including phenoxy) is 1.